The summed E-state index contributed by atoms with van der Waals surface area (Å²) in [6.45, 7) is 3.80. The molecule has 0 aromatic heterocycles. The lowest BCUT2D eigenvalue weighted by atomic mass is 9.97. The first-order chi connectivity index (χ1) is 10.1. The van der Waals surface area contributed by atoms with Crippen LogP contribution in [0.5, 0.6) is 0 Å². The number of rotatable bonds is 5. The Hall–Kier alpha value is -1.00. The Morgan fingerprint density at radius 3 is 2.29 bits per heavy atom. The third-order valence-corrected chi connectivity index (χ3v) is 4.78. The Balaban J connectivity index is 1.72. The molecule has 0 spiro atoms. The van der Waals surface area contributed by atoms with Gasteiger partial charge in [-0.3, -0.25) is 4.90 Å². The highest BCUT2D eigenvalue weighted by atomic mass is 19.1. The summed E-state index contributed by atoms with van der Waals surface area (Å²) in [7, 11) is 0. The van der Waals surface area contributed by atoms with Crippen LogP contribution in [0.1, 0.15) is 44.6 Å². The van der Waals surface area contributed by atoms with E-state index in [1.807, 2.05) is 0 Å². The lowest BCUT2D eigenvalue weighted by Gasteiger charge is -2.38. The standard InChI is InChI=1S/C17H24F2N2/c1-2-5-21(11-12-6-13(18)8-14(19)7-12)17-9-15-3-4-16(10-17)20-15/h6-8,15-17,20H,2-5,9-11H2,1H3. The van der Waals surface area contributed by atoms with Gasteiger partial charge in [-0.25, -0.2) is 8.78 Å². The highest BCUT2D eigenvalue weighted by molar-refractivity contribution is 5.18. The summed E-state index contributed by atoms with van der Waals surface area (Å²) in [5, 5.41) is 3.65. The van der Waals surface area contributed by atoms with Gasteiger partial charge in [-0.15, -0.1) is 0 Å². The summed E-state index contributed by atoms with van der Waals surface area (Å²) >= 11 is 0. The van der Waals surface area contributed by atoms with Gasteiger partial charge in [-0.1, -0.05) is 6.92 Å². The van der Waals surface area contributed by atoms with E-state index in [9.17, 15) is 8.78 Å². The maximum Gasteiger partial charge on any atom is 0.126 e. The molecule has 2 heterocycles. The molecule has 0 amide bonds. The monoisotopic (exact) mass is 294 g/mol. The minimum absolute atomic E-state index is 0.480. The molecule has 0 radical (unpaired) electrons. The summed E-state index contributed by atoms with van der Waals surface area (Å²) in [5.41, 5.74) is 0.742. The lowest BCUT2D eigenvalue weighted by Crippen LogP contribution is -2.48. The zero-order valence-corrected chi connectivity index (χ0v) is 12.6. The van der Waals surface area contributed by atoms with Gasteiger partial charge in [-0.2, -0.15) is 0 Å². The first kappa shape index (κ1) is 14.9. The Morgan fingerprint density at radius 2 is 1.71 bits per heavy atom. The van der Waals surface area contributed by atoms with E-state index in [2.05, 4.69) is 17.1 Å². The molecule has 1 aromatic rings. The second-order valence-corrected chi connectivity index (χ2v) is 6.51. The first-order valence-corrected chi connectivity index (χ1v) is 8.09. The average Bonchev–Trinajstić information content (AvgIpc) is 2.76. The fourth-order valence-corrected chi connectivity index (χ4v) is 3.94. The van der Waals surface area contributed by atoms with Gasteiger partial charge in [0, 0.05) is 30.7 Å². The third-order valence-electron chi connectivity index (χ3n) is 4.78. The quantitative estimate of drug-likeness (QED) is 0.894. The van der Waals surface area contributed by atoms with Crippen molar-refractivity contribution in [2.75, 3.05) is 6.54 Å². The van der Waals surface area contributed by atoms with Crippen LogP contribution in [0, 0.1) is 11.6 Å². The molecule has 3 rings (SSSR count). The van der Waals surface area contributed by atoms with Crippen molar-refractivity contribution in [1.82, 2.24) is 10.2 Å². The predicted octanol–water partition coefficient (Wildman–Crippen LogP) is 3.46. The molecule has 0 saturated carbocycles. The molecule has 1 N–H and O–H groups in total. The van der Waals surface area contributed by atoms with Crippen LogP contribution in [0.25, 0.3) is 0 Å². The Kier molecular flexibility index (Phi) is 4.55. The Labute approximate surface area is 125 Å². The van der Waals surface area contributed by atoms with Gasteiger partial charge in [0.05, 0.1) is 0 Å². The summed E-state index contributed by atoms with van der Waals surface area (Å²) < 4.78 is 26.7. The van der Waals surface area contributed by atoms with Gasteiger partial charge >= 0.3 is 0 Å². The molecule has 2 atom stereocenters. The minimum atomic E-state index is -0.480. The molecule has 21 heavy (non-hydrogen) atoms. The maximum atomic E-state index is 13.4. The number of benzene rings is 1. The number of piperidine rings is 1. The zero-order valence-electron chi connectivity index (χ0n) is 12.6. The van der Waals surface area contributed by atoms with E-state index in [4.69, 9.17) is 0 Å². The van der Waals surface area contributed by atoms with Crippen molar-refractivity contribution in [3.8, 4) is 0 Å². The van der Waals surface area contributed by atoms with Crippen LogP contribution in [0.4, 0.5) is 8.78 Å². The fourth-order valence-electron chi connectivity index (χ4n) is 3.94. The number of hydrogen-bond acceptors (Lipinski definition) is 2. The van der Waals surface area contributed by atoms with Crippen molar-refractivity contribution in [2.24, 2.45) is 0 Å². The van der Waals surface area contributed by atoms with Gasteiger partial charge in [0.1, 0.15) is 11.6 Å². The molecule has 0 aliphatic carbocycles. The van der Waals surface area contributed by atoms with E-state index < -0.39 is 11.6 Å². The molecule has 2 unspecified atom stereocenters. The molecule has 2 aliphatic rings. The van der Waals surface area contributed by atoms with Gasteiger partial charge in [0.15, 0.2) is 0 Å². The average molecular weight is 294 g/mol. The van der Waals surface area contributed by atoms with E-state index in [1.54, 1.807) is 0 Å². The van der Waals surface area contributed by atoms with Gasteiger partial charge in [-0.05, 0) is 56.3 Å². The number of hydrogen-bond donors (Lipinski definition) is 1. The van der Waals surface area contributed by atoms with Crippen LogP contribution in [-0.2, 0) is 6.54 Å². The first-order valence-electron chi connectivity index (χ1n) is 8.09. The molecule has 4 heteroatoms. The lowest BCUT2D eigenvalue weighted by molar-refractivity contribution is 0.133. The molecule has 2 nitrogen and oxygen atoms in total. The van der Waals surface area contributed by atoms with Crippen LogP contribution < -0.4 is 5.32 Å². The summed E-state index contributed by atoms with van der Waals surface area (Å²) in [4.78, 5) is 2.42. The van der Waals surface area contributed by atoms with Crippen molar-refractivity contribution in [1.29, 1.82) is 0 Å². The van der Waals surface area contributed by atoms with Crippen molar-refractivity contribution >= 4 is 0 Å². The Bertz CT molecular complexity index is 459. The van der Waals surface area contributed by atoms with Gasteiger partial charge < -0.3 is 5.32 Å². The van der Waals surface area contributed by atoms with Crippen LogP contribution in [0.2, 0.25) is 0 Å². The van der Waals surface area contributed by atoms with Crippen molar-refractivity contribution in [2.45, 2.75) is 63.7 Å². The zero-order chi connectivity index (χ0) is 14.8. The van der Waals surface area contributed by atoms with Gasteiger partial charge in [0.2, 0.25) is 0 Å². The molecule has 2 bridgehead atoms. The largest absolute Gasteiger partial charge is 0.311 e. The minimum Gasteiger partial charge on any atom is -0.311 e. The molecule has 1 aromatic carbocycles. The van der Waals surface area contributed by atoms with Crippen molar-refractivity contribution in [3.63, 3.8) is 0 Å². The molecular weight excluding hydrogens is 270 g/mol. The molecule has 2 fully saturated rings. The SMILES string of the molecule is CCCN(Cc1cc(F)cc(F)c1)C1CC2CCC(C1)N2. The number of fused-ring (bicyclic) bond motifs is 2. The summed E-state index contributed by atoms with van der Waals surface area (Å²) in [6, 6.07) is 5.67. The number of nitrogens with zero attached hydrogens (tertiary/aromatic N) is 1. The van der Waals surface area contributed by atoms with Crippen molar-refractivity contribution in [3.05, 3.63) is 35.4 Å². The Morgan fingerprint density at radius 1 is 1.10 bits per heavy atom. The van der Waals surface area contributed by atoms with E-state index in [0.29, 0.717) is 24.7 Å². The summed E-state index contributed by atoms with van der Waals surface area (Å²) in [5.74, 6) is -0.960. The second-order valence-electron chi connectivity index (χ2n) is 6.51. The van der Waals surface area contributed by atoms with E-state index in [-0.39, 0.29) is 0 Å². The topological polar surface area (TPSA) is 15.3 Å². The van der Waals surface area contributed by atoms with E-state index in [0.717, 1.165) is 37.4 Å². The second kappa shape index (κ2) is 6.41. The predicted molar refractivity (Wildman–Crippen MR) is 80.0 cm³/mol. The van der Waals surface area contributed by atoms with E-state index >= 15 is 0 Å². The van der Waals surface area contributed by atoms with E-state index in [1.165, 1.54) is 25.0 Å². The normalized spacial score (nSPS) is 28.3. The van der Waals surface area contributed by atoms with Crippen LogP contribution in [0.3, 0.4) is 0 Å². The third kappa shape index (κ3) is 3.61. The molecule has 2 aliphatic heterocycles. The maximum absolute atomic E-state index is 13.4. The van der Waals surface area contributed by atoms with Crippen molar-refractivity contribution < 1.29 is 8.78 Å². The van der Waals surface area contributed by atoms with Crippen LogP contribution in [0.15, 0.2) is 18.2 Å². The highest BCUT2D eigenvalue weighted by Crippen LogP contribution is 2.30. The number of halogens is 2. The molecule has 116 valence electrons. The van der Waals surface area contributed by atoms with Crippen LogP contribution in [-0.4, -0.2) is 29.6 Å². The summed E-state index contributed by atoms with van der Waals surface area (Å²) in [6.07, 6.45) is 5.94. The molecular formula is C17H24F2N2. The highest BCUT2D eigenvalue weighted by Gasteiger charge is 2.35. The van der Waals surface area contributed by atoms with Crippen LogP contribution >= 0.6 is 0 Å². The number of nitrogens with one attached hydrogen (secondary N) is 1. The smallest absolute Gasteiger partial charge is 0.126 e. The fraction of sp³-hybridized carbons (Fsp3) is 0.647. The molecule has 2 saturated heterocycles. The van der Waals surface area contributed by atoms with Gasteiger partial charge in [0.25, 0.3) is 0 Å².